The summed E-state index contributed by atoms with van der Waals surface area (Å²) < 4.78 is 25.0. The van der Waals surface area contributed by atoms with Crippen molar-refractivity contribution in [2.75, 3.05) is 17.1 Å². The van der Waals surface area contributed by atoms with Gasteiger partial charge in [-0.05, 0) is 19.1 Å². The molecule has 1 rings (SSSR count). The second kappa shape index (κ2) is 5.11. The molecular formula is C9H13NO4S. The van der Waals surface area contributed by atoms with Gasteiger partial charge in [-0.25, -0.2) is 13.3 Å². The summed E-state index contributed by atoms with van der Waals surface area (Å²) in [6, 6.07) is 6.96. The SMILES string of the molecule is Cc1ccc(NS(=O)(=O)CCOO)cc1. The molecule has 0 aliphatic heterocycles. The van der Waals surface area contributed by atoms with Gasteiger partial charge in [0.25, 0.3) is 0 Å². The third kappa shape index (κ3) is 4.28. The van der Waals surface area contributed by atoms with E-state index in [-0.39, 0.29) is 12.4 Å². The number of anilines is 1. The molecule has 2 N–H and O–H groups in total. The molecular weight excluding hydrogens is 218 g/mol. The molecule has 0 atom stereocenters. The maximum absolute atomic E-state index is 11.3. The minimum Gasteiger partial charge on any atom is -0.283 e. The predicted molar refractivity (Wildman–Crippen MR) is 57.2 cm³/mol. The van der Waals surface area contributed by atoms with Crippen LogP contribution in [0.4, 0.5) is 5.69 Å². The van der Waals surface area contributed by atoms with Gasteiger partial charge >= 0.3 is 0 Å². The van der Waals surface area contributed by atoms with Crippen molar-refractivity contribution < 1.29 is 18.6 Å². The second-order valence-corrected chi connectivity index (χ2v) is 4.96. The van der Waals surface area contributed by atoms with Crippen molar-refractivity contribution in [1.29, 1.82) is 0 Å². The number of aryl methyl sites for hydroxylation is 1. The zero-order chi connectivity index (χ0) is 11.3. The van der Waals surface area contributed by atoms with Gasteiger partial charge in [0.1, 0.15) is 0 Å². The normalized spacial score (nSPS) is 11.3. The van der Waals surface area contributed by atoms with E-state index >= 15 is 0 Å². The Morgan fingerprint density at radius 1 is 1.33 bits per heavy atom. The summed E-state index contributed by atoms with van der Waals surface area (Å²) in [7, 11) is -3.44. The Kier molecular flexibility index (Phi) is 4.07. The van der Waals surface area contributed by atoms with E-state index in [0.717, 1.165) is 5.56 Å². The van der Waals surface area contributed by atoms with Crippen LogP contribution in [-0.4, -0.2) is 26.0 Å². The van der Waals surface area contributed by atoms with Gasteiger partial charge in [-0.1, -0.05) is 17.7 Å². The number of benzene rings is 1. The third-order valence-corrected chi connectivity index (χ3v) is 3.02. The van der Waals surface area contributed by atoms with Crippen LogP contribution in [0.2, 0.25) is 0 Å². The van der Waals surface area contributed by atoms with E-state index in [0.29, 0.717) is 5.69 Å². The number of rotatable bonds is 5. The monoisotopic (exact) mass is 231 g/mol. The Bertz CT molecular complexity index is 399. The van der Waals surface area contributed by atoms with Gasteiger partial charge in [0.2, 0.25) is 10.0 Å². The van der Waals surface area contributed by atoms with Gasteiger partial charge in [0.05, 0.1) is 12.4 Å². The van der Waals surface area contributed by atoms with Crippen molar-refractivity contribution in [1.82, 2.24) is 0 Å². The van der Waals surface area contributed by atoms with Crippen molar-refractivity contribution >= 4 is 15.7 Å². The molecule has 0 heterocycles. The van der Waals surface area contributed by atoms with E-state index in [1.54, 1.807) is 24.3 Å². The molecule has 1 aromatic carbocycles. The molecule has 0 fully saturated rings. The summed E-state index contributed by atoms with van der Waals surface area (Å²) in [6.45, 7) is 1.67. The van der Waals surface area contributed by atoms with Crippen LogP contribution in [0.5, 0.6) is 0 Å². The fourth-order valence-corrected chi connectivity index (χ4v) is 1.89. The first-order chi connectivity index (χ1) is 7.03. The van der Waals surface area contributed by atoms with Crippen molar-refractivity contribution in [3.63, 3.8) is 0 Å². The van der Waals surface area contributed by atoms with Crippen LogP contribution in [0.25, 0.3) is 0 Å². The first-order valence-corrected chi connectivity index (χ1v) is 6.02. The molecule has 0 unspecified atom stereocenters. The lowest BCUT2D eigenvalue weighted by Gasteiger charge is -2.06. The molecule has 0 radical (unpaired) electrons. The van der Waals surface area contributed by atoms with Gasteiger partial charge in [-0.15, -0.1) is 0 Å². The molecule has 0 spiro atoms. The van der Waals surface area contributed by atoms with Crippen LogP contribution in [0.1, 0.15) is 5.56 Å². The zero-order valence-electron chi connectivity index (χ0n) is 8.30. The molecule has 0 aromatic heterocycles. The van der Waals surface area contributed by atoms with Crippen LogP contribution >= 0.6 is 0 Å². The number of sulfonamides is 1. The van der Waals surface area contributed by atoms with Crippen LogP contribution in [0.15, 0.2) is 24.3 Å². The maximum Gasteiger partial charge on any atom is 0.235 e. The Morgan fingerprint density at radius 3 is 2.47 bits per heavy atom. The Labute approximate surface area is 88.7 Å². The first-order valence-electron chi connectivity index (χ1n) is 4.37. The highest BCUT2D eigenvalue weighted by molar-refractivity contribution is 7.92. The number of hydrogen-bond acceptors (Lipinski definition) is 4. The van der Waals surface area contributed by atoms with E-state index in [1.165, 1.54) is 0 Å². The fourth-order valence-electron chi connectivity index (χ4n) is 0.999. The van der Waals surface area contributed by atoms with Crippen molar-refractivity contribution in [3.8, 4) is 0 Å². The van der Waals surface area contributed by atoms with Gasteiger partial charge in [0.15, 0.2) is 0 Å². The summed E-state index contributed by atoms with van der Waals surface area (Å²) in [5.41, 5.74) is 1.55. The van der Waals surface area contributed by atoms with E-state index < -0.39 is 10.0 Å². The van der Waals surface area contributed by atoms with E-state index in [1.807, 2.05) is 6.92 Å². The summed E-state index contributed by atoms with van der Waals surface area (Å²) in [6.07, 6.45) is 0. The lowest BCUT2D eigenvalue weighted by molar-refractivity contribution is -0.237. The van der Waals surface area contributed by atoms with Crippen LogP contribution < -0.4 is 4.72 Å². The summed E-state index contributed by atoms with van der Waals surface area (Å²) in [4.78, 5) is 3.72. The lowest BCUT2D eigenvalue weighted by Crippen LogP contribution is -2.19. The molecule has 15 heavy (non-hydrogen) atoms. The molecule has 0 amide bonds. The molecule has 5 nitrogen and oxygen atoms in total. The molecule has 1 aromatic rings. The maximum atomic E-state index is 11.3. The average molecular weight is 231 g/mol. The summed E-state index contributed by atoms with van der Waals surface area (Å²) in [5.74, 6) is -0.280. The van der Waals surface area contributed by atoms with Crippen LogP contribution in [0.3, 0.4) is 0 Å². The minimum atomic E-state index is -3.44. The van der Waals surface area contributed by atoms with Gasteiger partial charge in [-0.2, -0.15) is 0 Å². The van der Waals surface area contributed by atoms with Crippen LogP contribution in [-0.2, 0) is 14.9 Å². The van der Waals surface area contributed by atoms with Gasteiger partial charge < -0.3 is 0 Å². The molecule has 0 aliphatic carbocycles. The topological polar surface area (TPSA) is 75.6 Å². The van der Waals surface area contributed by atoms with Gasteiger partial charge in [0, 0.05) is 5.69 Å². The Balaban J connectivity index is 2.65. The first kappa shape index (κ1) is 12.0. The lowest BCUT2D eigenvalue weighted by atomic mass is 10.2. The van der Waals surface area contributed by atoms with E-state index in [9.17, 15) is 8.42 Å². The van der Waals surface area contributed by atoms with Crippen molar-refractivity contribution in [3.05, 3.63) is 29.8 Å². The molecule has 0 saturated heterocycles. The Hall–Kier alpha value is -1.11. The molecule has 84 valence electrons. The Morgan fingerprint density at radius 2 is 1.93 bits per heavy atom. The summed E-state index contributed by atoms with van der Waals surface area (Å²) in [5, 5.41) is 8.04. The zero-order valence-corrected chi connectivity index (χ0v) is 9.12. The number of hydrogen-bond donors (Lipinski definition) is 2. The quantitative estimate of drug-likeness (QED) is 0.590. The minimum absolute atomic E-state index is 0.249. The van der Waals surface area contributed by atoms with Gasteiger partial charge in [-0.3, -0.25) is 9.98 Å². The second-order valence-electron chi connectivity index (χ2n) is 3.12. The van der Waals surface area contributed by atoms with E-state index in [2.05, 4.69) is 9.61 Å². The largest absolute Gasteiger partial charge is 0.283 e. The highest BCUT2D eigenvalue weighted by Crippen LogP contribution is 2.10. The van der Waals surface area contributed by atoms with E-state index in [4.69, 9.17) is 5.26 Å². The van der Waals surface area contributed by atoms with Crippen LogP contribution in [0, 0.1) is 6.92 Å². The smallest absolute Gasteiger partial charge is 0.235 e. The standard InChI is InChI=1S/C9H13NO4S/c1-8-2-4-9(5-3-8)10-15(12,13)7-6-14-11/h2-5,10-11H,6-7H2,1H3. The highest BCUT2D eigenvalue weighted by Gasteiger charge is 2.09. The number of nitrogens with one attached hydrogen (secondary N) is 1. The summed E-state index contributed by atoms with van der Waals surface area (Å²) >= 11 is 0. The molecule has 6 heteroatoms. The molecule has 0 saturated carbocycles. The third-order valence-electron chi connectivity index (χ3n) is 1.77. The van der Waals surface area contributed by atoms with Crippen molar-refractivity contribution in [2.24, 2.45) is 0 Å². The molecule has 0 aliphatic rings. The van der Waals surface area contributed by atoms with Crippen molar-refractivity contribution in [2.45, 2.75) is 6.92 Å². The predicted octanol–water partition coefficient (Wildman–Crippen LogP) is 1.23. The fraction of sp³-hybridized carbons (Fsp3) is 0.333. The molecule has 0 bridgehead atoms. The average Bonchev–Trinajstić information content (AvgIpc) is 2.18. The highest BCUT2D eigenvalue weighted by atomic mass is 32.2.